The molecule has 0 aliphatic carbocycles. The minimum Gasteiger partial charge on any atom is -0.299 e. The Hall–Kier alpha value is -2.42. The predicted octanol–water partition coefficient (Wildman–Crippen LogP) is 1.65. The standard InChI is InChI=1S/C17H24N4O4S/c1-4-5-6-7-11-21-12-14(16(22)19-17(21)23)26(24,25)20(3)15-10-8-9-13(2)18-15/h8-10,12H,4-7,11H2,1-3H3,(H,19,22,23). The summed E-state index contributed by atoms with van der Waals surface area (Å²) in [6.45, 7) is 4.17. The average Bonchev–Trinajstić information content (AvgIpc) is 2.59. The molecule has 0 amide bonds. The highest BCUT2D eigenvalue weighted by molar-refractivity contribution is 7.92. The minimum atomic E-state index is -4.15. The van der Waals surface area contributed by atoms with Gasteiger partial charge < -0.3 is 0 Å². The fraction of sp³-hybridized carbons (Fsp3) is 0.471. The summed E-state index contributed by atoms with van der Waals surface area (Å²) in [6, 6.07) is 4.97. The number of hydrogen-bond donors (Lipinski definition) is 1. The van der Waals surface area contributed by atoms with Crippen molar-refractivity contribution in [2.24, 2.45) is 0 Å². The lowest BCUT2D eigenvalue weighted by Gasteiger charge is -2.18. The number of unbranched alkanes of at least 4 members (excludes halogenated alkanes) is 3. The third-order valence-corrected chi connectivity index (χ3v) is 5.82. The highest BCUT2D eigenvalue weighted by Crippen LogP contribution is 2.17. The summed E-state index contributed by atoms with van der Waals surface area (Å²) >= 11 is 0. The smallest absolute Gasteiger partial charge is 0.299 e. The van der Waals surface area contributed by atoms with Crippen molar-refractivity contribution in [2.75, 3.05) is 11.4 Å². The molecule has 0 fully saturated rings. The van der Waals surface area contributed by atoms with Crippen LogP contribution < -0.4 is 15.6 Å². The second-order valence-corrected chi connectivity index (χ2v) is 8.05. The fourth-order valence-electron chi connectivity index (χ4n) is 2.52. The van der Waals surface area contributed by atoms with Crippen LogP contribution in [0.4, 0.5) is 5.82 Å². The van der Waals surface area contributed by atoms with E-state index in [1.54, 1.807) is 25.1 Å². The second kappa shape index (κ2) is 8.31. The van der Waals surface area contributed by atoms with Gasteiger partial charge in [0.1, 0.15) is 5.82 Å². The maximum Gasteiger partial charge on any atom is 0.328 e. The Bertz CT molecular complexity index is 979. The average molecular weight is 380 g/mol. The topological polar surface area (TPSA) is 105 Å². The number of rotatable bonds is 8. The van der Waals surface area contributed by atoms with E-state index in [1.165, 1.54) is 11.6 Å². The van der Waals surface area contributed by atoms with Crippen LogP contribution in [0.15, 0.2) is 38.9 Å². The highest BCUT2D eigenvalue weighted by Gasteiger charge is 2.26. The van der Waals surface area contributed by atoms with Crippen LogP contribution in [0, 0.1) is 6.92 Å². The largest absolute Gasteiger partial charge is 0.328 e. The Morgan fingerprint density at radius 1 is 1.19 bits per heavy atom. The zero-order valence-corrected chi connectivity index (χ0v) is 16.0. The summed E-state index contributed by atoms with van der Waals surface area (Å²) < 4.78 is 27.9. The molecule has 142 valence electrons. The Labute approximate surface area is 152 Å². The van der Waals surface area contributed by atoms with E-state index in [1.807, 2.05) is 0 Å². The van der Waals surface area contributed by atoms with Crippen LogP contribution in [0.1, 0.15) is 38.3 Å². The van der Waals surface area contributed by atoms with E-state index >= 15 is 0 Å². The van der Waals surface area contributed by atoms with Gasteiger partial charge in [-0.3, -0.25) is 18.7 Å². The van der Waals surface area contributed by atoms with Gasteiger partial charge in [-0.2, -0.15) is 0 Å². The summed E-state index contributed by atoms with van der Waals surface area (Å²) in [5, 5.41) is 0. The summed E-state index contributed by atoms with van der Waals surface area (Å²) in [5.41, 5.74) is -0.888. The molecule has 2 heterocycles. The van der Waals surface area contributed by atoms with Crippen LogP contribution in [-0.4, -0.2) is 30.0 Å². The zero-order chi connectivity index (χ0) is 19.3. The van der Waals surface area contributed by atoms with Crippen molar-refractivity contribution in [1.82, 2.24) is 14.5 Å². The third kappa shape index (κ3) is 4.40. The SMILES string of the molecule is CCCCCCn1cc(S(=O)(=O)N(C)c2cccc(C)n2)c(=O)[nH]c1=O. The normalized spacial score (nSPS) is 11.5. The molecule has 2 aromatic heterocycles. The minimum absolute atomic E-state index is 0.199. The summed E-state index contributed by atoms with van der Waals surface area (Å²) in [7, 11) is -2.82. The van der Waals surface area contributed by atoms with Gasteiger partial charge in [-0.05, 0) is 25.5 Å². The zero-order valence-electron chi connectivity index (χ0n) is 15.2. The maximum absolute atomic E-state index is 12.9. The molecule has 9 heteroatoms. The van der Waals surface area contributed by atoms with Gasteiger partial charge in [0.25, 0.3) is 15.6 Å². The van der Waals surface area contributed by atoms with Gasteiger partial charge in [-0.25, -0.2) is 18.2 Å². The Morgan fingerprint density at radius 2 is 1.92 bits per heavy atom. The van der Waals surface area contributed by atoms with Crippen molar-refractivity contribution < 1.29 is 8.42 Å². The number of aromatic nitrogens is 3. The number of sulfonamides is 1. The van der Waals surface area contributed by atoms with Crippen LogP contribution in [0.2, 0.25) is 0 Å². The lowest BCUT2D eigenvalue weighted by atomic mass is 10.2. The van der Waals surface area contributed by atoms with E-state index in [0.717, 1.165) is 36.2 Å². The maximum atomic E-state index is 12.9. The van der Waals surface area contributed by atoms with E-state index in [0.29, 0.717) is 12.2 Å². The molecular weight excluding hydrogens is 356 g/mol. The molecule has 1 N–H and O–H groups in total. The van der Waals surface area contributed by atoms with Crippen LogP contribution in [-0.2, 0) is 16.6 Å². The molecule has 0 unspecified atom stereocenters. The molecule has 0 aromatic carbocycles. The molecular formula is C17H24N4O4S. The Balaban J connectivity index is 2.39. The molecule has 0 saturated carbocycles. The van der Waals surface area contributed by atoms with E-state index < -0.39 is 26.2 Å². The Morgan fingerprint density at radius 3 is 2.58 bits per heavy atom. The number of nitrogens with zero attached hydrogens (tertiary/aromatic N) is 3. The second-order valence-electron chi connectivity index (χ2n) is 6.12. The van der Waals surface area contributed by atoms with Crippen molar-refractivity contribution >= 4 is 15.8 Å². The van der Waals surface area contributed by atoms with Crippen molar-refractivity contribution in [3.05, 3.63) is 50.9 Å². The van der Waals surface area contributed by atoms with E-state index in [2.05, 4.69) is 16.9 Å². The van der Waals surface area contributed by atoms with E-state index in [9.17, 15) is 18.0 Å². The summed E-state index contributed by atoms with van der Waals surface area (Å²) in [4.78, 5) is 29.9. The van der Waals surface area contributed by atoms with E-state index in [-0.39, 0.29) is 5.82 Å². The van der Waals surface area contributed by atoms with Crippen molar-refractivity contribution in [3.8, 4) is 0 Å². The number of aryl methyl sites for hydroxylation is 2. The van der Waals surface area contributed by atoms with Crippen LogP contribution in [0.5, 0.6) is 0 Å². The summed E-state index contributed by atoms with van der Waals surface area (Å²) in [6.07, 6.45) is 4.86. The highest BCUT2D eigenvalue weighted by atomic mass is 32.2. The van der Waals surface area contributed by atoms with Gasteiger partial charge in [0.05, 0.1) is 0 Å². The lowest BCUT2D eigenvalue weighted by molar-refractivity contribution is 0.548. The number of aromatic amines is 1. The first-order chi connectivity index (χ1) is 12.3. The molecule has 0 spiro atoms. The molecule has 0 radical (unpaired) electrons. The van der Waals surface area contributed by atoms with Gasteiger partial charge in [-0.15, -0.1) is 0 Å². The van der Waals surface area contributed by atoms with Crippen LogP contribution in [0.3, 0.4) is 0 Å². The molecule has 26 heavy (non-hydrogen) atoms. The molecule has 0 bridgehead atoms. The molecule has 2 aromatic rings. The number of nitrogens with one attached hydrogen (secondary N) is 1. The van der Waals surface area contributed by atoms with Gasteiger partial charge in [-0.1, -0.05) is 32.3 Å². The van der Waals surface area contributed by atoms with E-state index in [4.69, 9.17) is 0 Å². The molecule has 0 aliphatic heterocycles. The van der Waals surface area contributed by atoms with Gasteiger partial charge in [0, 0.05) is 25.5 Å². The fourth-order valence-corrected chi connectivity index (χ4v) is 3.71. The molecule has 0 atom stereocenters. The van der Waals surface area contributed by atoms with Crippen molar-refractivity contribution in [1.29, 1.82) is 0 Å². The molecule has 2 rings (SSSR count). The van der Waals surface area contributed by atoms with Gasteiger partial charge in [0.2, 0.25) is 0 Å². The number of pyridine rings is 1. The molecule has 0 saturated heterocycles. The van der Waals surface area contributed by atoms with Crippen LogP contribution >= 0.6 is 0 Å². The first kappa shape index (κ1) is 19.9. The molecule has 8 nitrogen and oxygen atoms in total. The third-order valence-electron chi connectivity index (χ3n) is 4.07. The summed E-state index contributed by atoms with van der Waals surface area (Å²) in [5.74, 6) is 0.199. The quantitative estimate of drug-likeness (QED) is 0.701. The Kier molecular flexibility index (Phi) is 6.36. The van der Waals surface area contributed by atoms with Crippen molar-refractivity contribution in [3.63, 3.8) is 0 Å². The lowest BCUT2D eigenvalue weighted by Crippen LogP contribution is -2.37. The molecule has 0 aliphatic rings. The monoisotopic (exact) mass is 380 g/mol. The first-order valence-corrected chi connectivity index (χ1v) is 9.97. The van der Waals surface area contributed by atoms with Gasteiger partial charge >= 0.3 is 5.69 Å². The van der Waals surface area contributed by atoms with Gasteiger partial charge in [0.15, 0.2) is 4.90 Å². The number of hydrogen-bond acceptors (Lipinski definition) is 5. The number of H-pyrrole nitrogens is 1. The predicted molar refractivity (Wildman–Crippen MR) is 100 cm³/mol. The van der Waals surface area contributed by atoms with Crippen LogP contribution in [0.25, 0.3) is 0 Å². The van der Waals surface area contributed by atoms with Crippen molar-refractivity contribution in [2.45, 2.75) is 51.0 Å². The first-order valence-electron chi connectivity index (χ1n) is 8.53. The number of anilines is 1.